The van der Waals surface area contributed by atoms with Gasteiger partial charge in [-0.15, -0.1) is 0 Å². The smallest absolute Gasteiger partial charge is 0.328 e. The molecule has 5 rings (SSSR count). The first-order chi connectivity index (χ1) is 18.3. The lowest BCUT2D eigenvalue weighted by Crippen LogP contribution is -2.42. The molecule has 0 amide bonds. The molecule has 2 atom stereocenters. The molecule has 2 heterocycles. The van der Waals surface area contributed by atoms with Crippen molar-refractivity contribution in [1.29, 1.82) is 0 Å². The van der Waals surface area contributed by atoms with Gasteiger partial charge >= 0.3 is 5.97 Å². The molecule has 4 aromatic rings. The number of hydrogen-bond acceptors (Lipinski definition) is 3. The minimum atomic E-state index is -0.944. The van der Waals surface area contributed by atoms with Crippen molar-refractivity contribution >= 4 is 17.7 Å². The fourth-order valence-corrected chi connectivity index (χ4v) is 5.47. The standard InChI is InChI=1S/C33H35N3O2/c1-5-35-21-29(20-34-35)27-13-16-31-28(19-27)18-23(4)36(30-14-11-25(12-15-30)22(2)3)33(31)26-9-6-24(7-10-26)8-17-32(37)38/h6-17,19-23,33H,5,18H2,1-4H3,(H,37,38)/b17-8+/t23?,33-/m0/s1. The van der Waals surface area contributed by atoms with Gasteiger partial charge in [0, 0.05) is 36.1 Å². The van der Waals surface area contributed by atoms with Gasteiger partial charge in [0.25, 0.3) is 0 Å². The summed E-state index contributed by atoms with van der Waals surface area (Å²) in [5.74, 6) is -0.457. The highest BCUT2D eigenvalue weighted by atomic mass is 16.4. The fraction of sp³-hybridized carbons (Fsp3) is 0.273. The maximum absolute atomic E-state index is 11.0. The lowest BCUT2D eigenvalue weighted by Gasteiger charge is -2.44. The van der Waals surface area contributed by atoms with Crippen LogP contribution in [0.4, 0.5) is 5.69 Å². The highest BCUT2D eigenvalue weighted by Gasteiger charge is 2.33. The van der Waals surface area contributed by atoms with Gasteiger partial charge in [-0.2, -0.15) is 5.10 Å². The summed E-state index contributed by atoms with van der Waals surface area (Å²) in [5, 5.41) is 13.5. The van der Waals surface area contributed by atoms with Crippen LogP contribution in [0.5, 0.6) is 0 Å². The van der Waals surface area contributed by atoms with Crippen LogP contribution in [0.15, 0.2) is 85.2 Å². The van der Waals surface area contributed by atoms with Gasteiger partial charge in [0.05, 0.1) is 12.2 Å². The van der Waals surface area contributed by atoms with Crippen LogP contribution in [0.1, 0.15) is 67.5 Å². The maximum Gasteiger partial charge on any atom is 0.328 e. The van der Waals surface area contributed by atoms with E-state index in [1.165, 1.54) is 39.6 Å². The van der Waals surface area contributed by atoms with Crippen LogP contribution in [0, 0.1) is 0 Å². The van der Waals surface area contributed by atoms with E-state index < -0.39 is 5.97 Å². The Morgan fingerprint density at radius 1 is 1.05 bits per heavy atom. The van der Waals surface area contributed by atoms with Crippen molar-refractivity contribution in [3.8, 4) is 11.1 Å². The molecule has 1 aliphatic heterocycles. The Balaban J connectivity index is 1.59. The van der Waals surface area contributed by atoms with Gasteiger partial charge in [0.1, 0.15) is 0 Å². The number of benzene rings is 3. The molecule has 5 nitrogen and oxygen atoms in total. The SMILES string of the molecule is CCn1cc(-c2ccc3c(c2)CC(C)N(c2ccc(C(C)C)cc2)[C@H]3c2ccc(/C=C/C(=O)O)cc2)cn1. The molecule has 3 aromatic carbocycles. The molecule has 1 aliphatic rings. The van der Waals surface area contributed by atoms with Crippen LogP contribution in [0.25, 0.3) is 17.2 Å². The summed E-state index contributed by atoms with van der Waals surface area (Å²) in [4.78, 5) is 13.5. The van der Waals surface area contributed by atoms with E-state index in [1.54, 1.807) is 6.08 Å². The molecule has 0 radical (unpaired) electrons. The second-order valence-electron chi connectivity index (χ2n) is 10.4. The van der Waals surface area contributed by atoms with E-state index in [4.69, 9.17) is 5.11 Å². The number of fused-ring (bicyclic) bond motifs is 1. The predicted molar refractivity (Wildman–Crippen MR) is 154 cm³/mol. The van der Waals surface area contributed by atoms with E-state index in [1.807, 2.05) is 23.0 Å². The second-order valence-corrected chi connectivity index (χ2v) is 10.4. The predicted octanol–water partition coefficient (Wildman–Crippen LogP) is 7.33. The van der Waals surface area contributed by atoms with Crippen LogP contribution in [-0.2, 0) is 17.8 Å². The lowest BCUT2D eigenvalue weighted by atomic mass is 9.83. The molecule has 5 heteroatoms. The van der Waals surface area contributed by atoms with Gasteiger partial charge in [-0.1, -0.05) is 68.4 Å². The third kappa shape index (κ3) is 5.14. The number of carboxylic acids is 1. The number of anilines is 1. The van der Waals surface area contributed by atoms with E-state index >= 15 is 0 Å². The average Bonchev–Trinajstić information content (AvgIpc) is 3.41. The molecule has 1 aromatic heterocycles. The molecular weight excluding hydrogens is 470 g/mol. The van der Waals surface area contributed by atoms with E-state index in [0.29, 0.717) is 5.92 Å². The highest BCUT2D eigenvalue weighted by Crippen LogP contribution is 2.42. The van der Waals surface area contributed by atoms with E-state index in [9.17, 15) is 4.79 Å². The lowest BCUT2D eigenvalue weighted by molar-refractivity contribution is -0.131. The summed E-state index contributed by atoms with van der Waals surface area (Å²) < 4.78 is 1.96. The number of nitrogens with zero attached hydrogens (tertiary/aromatic N) is 3. The zero-order valence-electron chi connectivity index (χ0n) is 22.5. The van der Waals surface area contributed by atoms with Crippen molar-refractivity contribution < 1.29 is 9.90 Å². The van der Waals surface area contributed by atoms with Gasteiger partial charge in [-0.05, 0) is 77.8 Å². The second kappa shape index (κ2) is 10.7. The summed E-state index contributed by atoms with van der Waals surface area (Å²) in [6.45, 7) is 9.70. The molecule has 1 unspecified atom stereocenters. The molecule has 1 N–H and O–H groups in total. The minimum Gasteiger partial charge on any atom is -0.478 e. The molecule has 0 bridgehead atoms. The molecule has 0 saturated heterocycles. The Kier molecular flexibility index (Phi) is 7.19. The molecule has 38 heavy (non-hydrogen) atoms. The largest absolute Gasteiger partial charge is 0.478 e. The van der Waals surface area contributed by atoms with E-state index in [-0.39, 0.29) is 12.1 Å². The quantitative estimate of drug-likeness (QED) is 0.267. The Bertz CT molecular complexity index is 1450. The minimum absolute atomic E-state index is 0.0450. The Labute approximate surface area is 225 Å². The number of rotatable bonds is 7. The third-order valence-corrected chi connectivity index (χ3v) is 7.52. The highest BCUT2D eigenvalue weighted by molar-refractivity contribution is 5.85. The van der Waals surface area contributed by atoms with Crippen molar-refractivity contribution in [3.05, 3.63) is 113 Å². The number of aromatic nitrogens is 2. The van der Waals surface area contributed by atoms with Gasteiger partial charge in [0.15, 0.2) is 0 Å². The van der Waals surface area contributed by atoms with E-state index in [0.717, 1.165) is 24.1 Å². The van der Waals surface area contributed by atoms with Gasteiger partial charge in [-0.25, -0.2) is 4.79 Å². The Morgan fingerprint density at radius 2 is 1.79 bits per heavy atom. The van der Waals surface area contributed by atoms with Gasteiger partial charge in [-0.3, -0.25) is 4.68 Å². The van der Waals surface area contributed by atoms with Gasteiger partial charge < -0.3 is 10.0 Å². The molecule has 0 saturated carbocycles. The summed E-state index contributed by atoms with van der Waals surface area (Å²) in [5.41, 5.74) is 9.59. The molecule has 0 fully saturated rings. The van der Waals surface area contributed by atoms with Crippen LogP contribution < -0.4 is 4.90 Å². The number of aliphatic carboxylic acids is 1. The van der Waals surface area contributed by atoms with Crippen molar-refractivity contribution in [2.75, 3.05) is 4.90 Å². The first kappa shape index (κ1) is 25.5. The molecule has 0 spiro atoms. The van der Waals surface area contributed by atoms with Crippen molar-refractivity contribution in [2.24, 2.45) is 0 Å². The van der Waals surface area contributed by atoms with Gasteiger partial charge in [0.2, 0.25) is 0 Å². The molecular formula is C33H35N3O2. The topological polar surface area (TPSA) is 58.4 Å². The molecule has 194 valence electrons. The normalized spacial score (nSPS) is 17.2. The summed E-state index contributed by atoms with van der Waals surface area (Å²) >= 11 is 0. The number of hydrogen-bond donors (Lipinski definition) is 1. The Hall–Kier alpha value is -4.12. The average molecular weight is 506 g/mol. The maximum atomic E-state index is 11.0. The van der Waals surface area contributed by atoms with Crippen LogP contribution in [0.3, 0.4) is 0 Å². The van der Waals surface area contributed by atoms with E-state index in [2.05, 4.69) is 98.5 Å². The van der Waals surface area contributed by atoms with Crippen molar-refractivity contribution in [3.63, 3.8) is 0 Å². The number of carboxylic acid groups (broad SMARTS) is 1. The van der Waals surface area contributed by atoms with Crippen LogP contribution in [0.2, 0.25) is 0 Å². The van der Waals surface area contributed by atoms with Crippen molar-refractivity contribution in [2.45, 2.75) is 58.7 Å². The Morgan fingerprint density at radius 3 is 2.42 bits per heavy atom. The summed E-state index contributed by atoms with van der Waals surface area (Å²) in [6, 6.07) is 24.4. The third-order valence-electron chi connectivity index (χ3n) is 7.52. The zero-order chi connectivity index (χ0) is 26.8. The summed E-state index contributed by atoms with van der Waals surface area (Å²) in [6.07, 6.45) is 7.82. The fourth-order valence-electron chi connectivity index (χ4n) is 5.47. The monoisotopic (exact) mass is 505 g/mol. The zero-order valence-corrected chi connectivity index (χ0v) is 22.5. The number of carbonyl (C=O) groups is 1. The first-order valence-electron chi connectivity index (χ1n) is 13.4. The van der Waals surface area contributed by atoms with Crippen LogP contribution >= 0.6 is 0 Å². The van der Waals surface area contributed by atoms with Crippen LogP contribution in [-0.4, -0.2) is 26.9 Å². The molecule has 0 aliphatic carbocycles. The summed E-state index contributed by atoms with van der Waals surface area (Å²) in [7, 11) is 0. The number of aryl methyl sites for hydroxylation is 1. The first-order valence-corrected chi connectivity index (χ1v) is 13.4. The van der Waals surface area contributed by atoms with Crippen molar-refractivity contribution in [1.82, 2.24) is 9.78 Å².